The van der Waals surface area contributed by atoms with Crippen LogP contribution in [0.5, 0.6) is 0 Å². The molecule has 22 heavy (non-hydrogen) atoms. The van der Waals surface area contributed by atoms with Crippen molar-refractivity contribution in [1.29, 1.82) is 0 Å². The number of hydrogen-bond donors (Lipinski definition) is 0. The normalized spacial score (nSPS) is 10.6. The van der Waals surface area contributed by atoms with Crippen molar-refractivity contribution >= 4 is 11.9 Å². The fraction of sp³-hybridized carbons (Fsp3) is 0.556. The second kappa shape index (κ2) is 9.23. The van der Waals surface area contributed by atoms with Crippen LogP contribution in [0.4, 0.5) is 0 Å². The fourth-order valence-corrected chi connectivity index (χ4v) is 2.08. The third-order valence-electron chi connectivity index (χ3n) is 3.04. The molecule has 0 unspecified atom stereocenters. The fourth-order valence-electron chi connectivity index (χ4n) is 2.08. The maximum Gasteiger partial charge on any atom is 0.339 e. The zero-order valence-corrected chi connectivity index (χ0v) is 14.0. The van der Waals surface area contributed by atoms with Crippen LogP contribution in [-0.4, -0.2) is 25.2 Å². The van der Waals surface area contributed by atoms with Gasteiger partial charge in [0.1, 0.15) is 0 Å². The van der Waals surface area contributed by atoms with Gasteiger partial charge in [0.15, 0.2) is 0 Å². The first kappa shape index (κ1) is 18.2. The maximum atomic E-state index is 12.2. The second-order valence-corrected chi connectivity index (χ2v) is 5.75. The summed E-state index contributed by atoms with van der Waals surface area (Å²) >= 11 is 0. The molecule has 0 radical (unpaired) electrons. The standard InChI is InChI=1S/C18H26O4/c1-5-9-21-17(19)15-8-7-14(11-13(3)4)12-16(15)18(20)22-10-6-2/h7-8,12-13H,5-6,9-11H2,1-4H3. The summed E-state index contributed by atoms with van der Waals surface area (Å²) in [5.41, 5.74) is 1.60. The zero-order chi connectivity index (χ0) is 16.5. The molecule has 4 nitrogen and oxygen atoms in total. The Hall–Kier alpha value is -1.84. The lowest BCUT2D eigenvalue weighted by Crippen LogP contribution is -2.15. The number of ether oxygens (including phenoxy) is 2. The number of hydrogen-bond acceptors (Lipinski definition) is 4. The van der Waals surface area contributed by atoms with Crippen molar-refractivity contribution in [2.75, 3.05) is 13.2 Å². The van der Waals surface area contributed by atoms with Crippen LogP contribution in [0.1, 0.15) is 66.8 Å². The summed E-state index contributed by atoms with van der Waals surface area (Å²) in [6.07, 6.45) is 2.33. The van der Waals surface area contributed by atoms with E-state index in [9.17, 15) is 9.59 Å². The number of benzene rings is 1. The first-order valence-electron chi connectivity index (χ1n) is 7.96. The molecular weight excluding hydrogens is 280 g/mol. The van der Waals surface area contributed by atoms with Crippen LogP contribution in [-0.2, 0) is 15.9 Å². The van der Waals surface area contributed by atoms with Crippen LogP contribution in [0, 0.1) is 5.92 Å². The molecule has 0 aromatic heterocycles. The quantitative estimate of drug-likeness (QED) is 0.681. The monoisotopic (exact) mass is 306 g/mol. The molecule has 0 atom stereocenters. The third-order valence-corrected chi connectivity index (χ3v) is 3.04. The molecule has 0 amide bonds. The molecular formula is C18H26O4. The first-order valence-corrected chi connectivity index (χ1v) is 7.96. The van der Waals surface area contributed by atoms with E-state index >= 15 is 0 Å². The van der Waals surface area contributed by atoms with E-state index in [1.807, 2.05) is 19.9 Å². The Bertz CT molecular complexity index is 506. The van der Waals surface area contributed by atoms with E-state index < -0.39 is 11.9 Å². The highest BCUT2D eigenvalue weighted by atomic mass is 16.5. The molecule has 0 aliphatic carbocycles. The average molecular weight is 306 g/mol. The zero-order valence-electron chi connectivity index (χ0n) is 14.0. The highest BCUT2D eigenvalue weighted by molar-refractivity contribution is 6.03. The van der Waals surface area contributed by atoms with E-state index in [0.29, 0.717) is 24.7 Å². The summed E-state index contributed by atoms with van der Waals surface area (Å²) in [4.78, 5) is 24.3. The molecule has 0 heterocycles. The number of rotatable bonds is 8. The molecule has 1 aromatic carbocycles. The topological polar surface area (TPSA) is 52.6 Å². The summed E-state index contributed by atoms with van der Waals surface area (Å²) in [6.45, 7) is 8.76. The third kappa shape index (κ3) is 5.51. The molecule has 0 aliphatic rings. The molecule has 0 aliphatic heterocycles. The highest BCUT2D eigenvalue weighted by Crippen LogP contribution is 2.18. The SMILES string of the molecule is CCCOC(=O)c1ccc(CC(C)C)cc1C(=O)OCCC. The van der Waals surface area contributed by atoms with Gasteiger partial charge in [-0.15, -0.1) is 0 Å². The van der Waals surface area contributed by atoms with Crippen molar-refractivity contribution in [2.24, 2.45) is 5.92 Å². The van der Waals surface area contributed by atoms with Crippen molar-refractivity contribution in [3.8, 4) is 0 Å². The Labute approximate surface area is 132 Å². The first-order chi connectivity index (χ1) is 10.5. The molecule has 0 spiro atoms. The van der Waals surface area contributed by atoms with E-state index in [2.05, 4.69) is 13.8 Å². The molecule has 0 saturated heterocycles. The van der Waals surface area contributed by atoms with Gasteiger partial charge < -0.3 is 9.47 Å². The van der Waals surface area contributed by atoms with E-state index in [1.165, 1.54) is 0 Å². The van der Waals surface area contributed by atoms with Crippen molar-refractivity contribution in [2.45, 2.75) is 47.0 Å². The minimum absolute atomic E-state index is 0.280. The van der Waals surface area contributed by atoms with Crippen molar-refractivity contribution in [3.05, 3.63) is 34.9 Å². The molecule has 0 saturated carbocycles. The lowest BCUT2D eigenvalue weighted by molar-refractivity contribution is 0.0458. The molecule has 122 valence electrons. The Kier molecular flexibility index (Phi) is 7.64. The molecule has 0 fully saturated rings. The summed E-state index contributed by atoms with van der Waals surface area (Å²) in [5, 5.41) is 0. The molecule has 1 aromatic rings. The van der Waals surface area contributed by atoms with E-state index in [-0.39, 0.29) is 5.56 Å². The average Bonchev–Trinajstić information content (AvgIpc) is 2.49. The van der Waals surface area contributed by atoms with Gasteiger partial charge in [-0.2, -0.15) is 0 Å². The van der Waals surface area contributed by atoms with Crippen molar-refractivity contribution in [3.63, 3.8) is 0 Å². The highest BCUT2D eigenvalue weighted by Gasteiger charge is 2.20. The van der Waals surface area contributed by atoms with Crippen molar-refractivity contribution < 1.29 is 19.1 Å². The maximum absolute atomic E-state index is 12.2. The molecule has 1 rings (SSSR count). The molecule has 0 bridgehead atoms. The van der Waals surface area contributed by atoms with Crippen LogP contribution in [0.15, 0.2) is 18.2 Å². The van der Waals surface area contributed by atoms with Gasteiger partial charge in [0.25, 0.3) is 0 Å². The minimum atomic E-state index is -0.471. The van der Waals surface area contributed by atoms with Gasteiger partial charge in [-0.3, -0.25) is 0 Å². The predicted octanol–water partition coefficient (Wildman–Crippen LogP) is 4.02. The van der Waals surface area contributed by atoms with Gasteiger partial charge in [-0.05, 0) is 42.9 Å². The number of carbonyl (C=O) groups excluding carboxylic acids is 2. The number of carbonyl (C=O) groups is 2. The van der Waals surface area contributed by atoms with E-state index in [1.54, 1.807) is 12.1 Å². The minimum Gasteiger partial charge on any atom is -0.462 e. The summed E-state index contributed by atoms with van der Waals surface area (Å²) in [7, 11) is 0. The summed E-state index contributed by atoms with van der Waals surface area (Å²) < 4.78 is 10.3. The van der Waals surface area contributed by atoms with Crippen LogP contribution in [0.2, 0.25) is 0 Å². The van der Waals surface area contributed by atoms with E-state index in [4.69, 9.17) is 9.47 Å². The van der Waals surface area contributed by atoms with Crippen LogP contribution >= 0.6 is 0 Å². The van der Waals surface area contributed by atoms with Gasteiger partial charge >= 0.3 is 11.9 Å². The lowest BCUT2D eigenvalue weighted by atomic mass is 9.98. The van der Waals surface area contributed by atoms with Gasteiger partial charge in [-0.25, -0.2) is 9.59 Å². The number of esters is 2. The Morgan fingerprint density at radius 1 is 0.955 bits per heavy atom. The van der Waals surface area contributed by atoms with E-state index in [0.717, 1.165) is 24.8 Å². The van der Waals surface area contributed by atoms with Gasteiger partial charge in [0, 0.05) is 0 Å². The summed E-state index contributed by atoms with van der Waals surface area (Å²) in [6, 6.07) is 5.29. The largest absolute Gasteiger partial charge is 0.462 e. The predicted molar refractivity (Wildman–Crippen MR) is 86.1 cm³/mol. The molecule has 4 heteroatoms. The Balaban J connectivity index is 3.07. The van der Waals surface area contributed by atoms with Gasteiger partial charge in [-0.1, -0.05) is 33.8 Å². The van der Waals surface area contributed by atoms with Gasteiger partial charge in [0.2, 0.25) is 0 Å². The van der Waals surface area contributed by atoms with Crippen LogP contribution < -0.4 is 0 Å². The van der Waals surface area contributed by atoms with Crippen LogP contribution in [0.3, 0.4) is 0 Å². The Morgan fingerprint density at radius 3 is 2.00 bits per heavy atom. The summed E-state index contributed by atoms with van der Waals surface area (Å²) in [5.74, 6) is -0.463. The van der Waals surface area contributed by atoms with Crippen molar-refractivity contribution in [1.82, 2.24) is 0 Å². The lowest BCUT2D eigenvalue weighted by Gasteiger charge is -2.12. The molecule has 0 N–H and O–H groups in total. The van der Waals surface area contributed by atoms with Gasteiger partial charge in [0.05, 0.1) is 24.3 Å². The second-order valence-electron chi connectivity index (χ2n) is 5.75. The van der Waals surface area contributed by atoms with Crippen LogP contribution in [0.25, 0.3) is 0 Å². The smallest absolute Gasteiger partial charge is 0.339 e. The Morgan fingerprint density at radius 2 is 1.50 bits per heavy atom.